The molecule has 0 radical (unpaired) electrons. The van der Waals surface area contributed by atoms with Gasteiger partial charge in [-0.05, 0) is 73.0 Å². The molecule has 4 aliphatic heterocycles. The summed E-state index contributed by atoms with van der Waals surface area (Å²) < 4.78 is 13.5. The average Bonchev–Trinajstić information content (AvgIpc) is 3.06. The summed E-state index contributed by atoms with van der Waals surface area (Å²) in [7, 11) is 0. The van der Waals surface area contributed by atoms with Crippen LogP contribution in [0.25, 0.3) is 0 Å². The van der Waals surface area contributed by atoms with Crippen LogP contribution in [0.4, 0.5) is 0 Å². The summed E-state index contributed by atoms with van der Waals surface area (Å²) in [6, 6.07) is 0. The Labute approximate surface area is 215 Å². The lowest BCUT2D eigenvalue weighted by Gasteiger charge is -2.77. The number of aliphatic hydroxyl groups excluding tert-OH is 1. The van der Waals surface area contributed by atoms with Crippen LogP contribution in [0.15, 0.2) is 0 Å². The van der Waals surface area contributed by atoms with E-state index in [0.717, 1.165) is 38.6 Å². The first-order valence-corrected chi connectivity index (χ1v) is 14.7. The van der Waals surface area contributed by atoms with Gasteiger partial charge in [-0.2, -0.15) is 0 Å². The Kier molecular flexibility index (Phi) is 4.65. The highest BCUT2D eigenvalue weighted by Crippen LogP contribution is 2.78. The molecule has 6 nitrogen and oxygen atoms in total. The molecule has 6 heteroatoms. The highest BCUT2D eigenvalue weighted by Gasteiger charge is 2.82. The molecule has 7 aliphatic rings. The second kappa shape index (κ2) is 6.96. The van der Waals surface area contributed by atoms with Crippen molar-refractivity contribution in [3.05, 3.63) is 0 Å². The molecule has 4 heterocycles. The number of aliphatic hydroxyl groups is 1. The van der Waals surface area contributed by atoms with Crippen LogP contribution in [0.5, 0.6) is 0 Å². The summed E-state index contributed by atoms with van der Waals surface area (Å²) in [6.07, 6.45) is 6.44. The monoisotopic (exact) mass is 499 g/mol. The number of fused-ring (bicyclic) bond motifs is 5. The summed E-state index contributed by atoms with van der Waals surface area (Å²) in [5.41, 5.74) is -2.15. The van der Waals surface area contributed by atoms with Gasteiger partial charge in [0.05, 0.1) is 18.6 Å². The van der Waals surface area contributed by atoms with E-state index in [2.05, 4.69) is 46.4 Å². The number of piperidine rings is 1. The topological polar surface area (TPSA) is 76.1 Å². The summed E-state index contributed by atoms with van der Waals surface area (Å²) in [5.74, 6) is 1.30. The zero-order valence-corrected chi connectivity index (χ0v) is 23.0. The molecule has 4 saturated heterocycles. The Balaban J connectivity index is 1.43. The van der Waals surface area contributed by atoms with Crippen LogP contribution in [-0.4, -0.2) is 52.0 Å². The normalized spacial score (nSPS) is 62.0. The van der Waals surface area contributed by atoms with Crippen molar-refractivity contribution >= 4 is 11.8 Å². The molecule has 200 valence electrons. The van der Waals surface area contributed by atoms with Gasteiger partial charge < -0.3 is 14.6 Å². The van der Waals surface area contributed by atoms with Crippen LogP contribution < -0.4 is 0 Å². The van der Waals surface area contributed by atoms with E-state index >= 15 is 0 Å². The third kappa shape index (κ3) is 2.52. The van der Waals surface area contributed by atoms with Gasteiger partial charge in [0, 0.05) is 30.2 Å². The van der Waals surface area contributed by atoms with Gasteiger partial charge in [-0.1, -0.05) is 41.5 Å². The maximum atomic E-state index is 14.4. The van der Waals surface area contributed by atoms with E-state index in [4.69, 9.17) is 9.47 Å². The third-order valence-electron chi connectivity index (χ3n) is 13.4. The molecule has 1 spiro atoms. The van der Waals surface area contributed by atoms with Crippen LogP contribution in [0, 0.1) is 51.8 Å². The fourth-order valence-corrected chi connectivity index (χ4v) is 11.7. The smallest absolute Gasteiger partial charge is 0.308 e. The molecular weight excluding hydrogens is 454 g/mol. The lowest BCUT2D eigenvalue weighted by molar-refractivity contribution is -0.381. The van der Waals surface area contributed by atoms with Gasteiger partial charge in [-0.25, -0.2) is 4.90 Å². The van der Waals surface area contributed by atoms with E-state index in [1.165, 1.54) is 0 Å². The number of rotatable bonds is 0. The molecule has 0 aromatic heterocycles. The molecular formula is C30H45NO5. The van der Waals surface area contributed by atoms with Gasteiger partial charge in [-0.15, -0.1) is 0 Å². The summed E-state index contributed by atoms with van der Waals surface area (Å²) in [4.78, 5) is 30.5. The van der Waals surface area contributed by atoms with Crippen molar-refractivity contribution in [3.63, 3.8) is 0 Å². The molecule has 3 saturated carbocycles. The number of Topliss-reactive ketones (excluding diaryl/α,β-unsaturated/α-hetero) is 1. The first-order valence-electron chi connectivity index (χ1n) is 14.7. The summed E-state index contributed by atoms with van der Waals surface area (Å²) in [6.45, 7) is 14.4. The highest BCUT2D eigenvalue weighted by atomic mass is 16.6. The standard InChI is InChI=1S/C30H45NO5/c1-16-9-19-14-31-29(12-16,35-19)8-7-28(6)27(5)13-23(33)36-30(28,31)15-26(4)21-10-17(2)22(32)11-20(21)18(3)24(34)25(26)27/h16-22,25,32H,7-15H2,1-6H3. The van der Waals surface area contributed by atoms with E-state index in [-0.39, 0.29) is 58.4 Å². The number of ketones is 1. The Bertz CT molecular complexity index is 1030. The number of carbonyl (C=O) groups is 2. The van der Waals surface area contributed by atoms with Gasteiger partial charge in [0.15, 0.2) is 5.72 Å². The first-order chi connectivity index (χ1) is 16.8. The van der Waals surface area contributed by atoms with E-state index in [9.17, 15) is 14.7 Å². The third-order valence-corrected chi connectivity index (χ3v) is 13.4. The van der Waals surface area contributed by atoms with Gasteiger partial charge in [0.1, 0.15) is 11.5 Å². The molecule has 4 bridgehead atoms. The predicted octanol–water partition coefficient (Wildman–Crippen LogP) is 4.53. The number of hydrogen-bond acceptors (Lipinski definition) is 6. The fraction of sp³-hybridized carbons (Fsp3) is 0.933. The minimum absolute atomic E-state index is 0.0776. The van der Waals surface area contributed by atoms with Gasteiger partial charge >= 0.3 is 5.97 Å². The zero-order chi connectivity index (χ0) is 25.6. The van der Waals surface area contributed by atoms with Crippen molar-refractivity contribution in [3.8, 4) is 0 Å². The molecule has 1 N–H and O–H groups in total. The van der Waals surface area contributed by atoms with Crippen molar-refractivity contribution in [1.82, 2.24) is 4.90 Å². The summed E-state index contributed by atoms with van der Waals surface area (Å²) >= 11 is 0. The lowest BCUT2D eigenvalue weighted by atomic mass is 9.33. The molecule has 7 rings (SSSR count). The van der Waals surface area contributed by atoms with Crippen molar-refractivity contribution < 1.29 is 24.2 Å². The number of nitrogens with zero attached hydrogens (tertiary/aromatic N) is 1. The van der Waals surface area contributed by atoms with Crippen molar-refractivity contribution in [2.75, 3.05) is 6.54 Å². The number of ether oxygens (including phenoxy) is 2. The average molecular weight is 500 g/mol. The van der Waals surface area contributed by atoms with Crippen molar-refractivity contribution in [1.29, 1.82) is 0 Å². The lowest BCUT2D eigenvalue weighted by Crippen LogP contribution is -2.83. The molecule has 0 aromatic rings. The number of esters is 1. The van der Waals surface area contributed by atoms with E-state index in [1.54, 1.807) is 0 Å². The number of hydrogen-bond donors (Lipinski definition) is 1. The van der Waals surface area contributed by atoms with Crippen LogP contribution in [-0.2, 0) is 19.1 Å². The Hall–Kier alpha value is -0.980. The largest absolute Gasteiger partial charge is 0.443 e. The van der Waals surface area contributed by atoms with E-state index < -0.39 is 11.1 Å². The minimum atomic E-state index is -0.746. The molecule has 0 amide bonds. The highest BCUT2D eigenvalue weighted by molar-refractivity contribution is 5.88. The predicted molar refractivity (Wildman–Crippen MR) is 133 cm³/mol. The SMILES string of the molecule is CC1CC2CN3C(CCC4(C)C5(C)CC(=O)OC34CC3(C)C4CC(C)C(O)CC4C(C)C(=O)C35)(C1)O2. The molecule has 7 fully saturated rings. The van der Waals surface area contributed by atoms with Crippen LogP contribution in [0.3, 0.4) is 0 Å². The van der Waals surface area contributed by atoms with Crippen molar-refractivity contribution in [2.24, 2.45) is 51.8 Å². The molecule has 36 heavy (non-hydrogen) atoms. The van der Waals surface area contributed by atoms with Gasteiger partial charge in [-0.3, -0.25) is 9.59 Å². The van der Waals surface area contributed by atoms with Crippen LogP contribution >= 0.6 is 0 Å². The quantitative estimate of drug-likeness (QED) is 0.494. The zero-order valence-electron chi connectivity index (χ0n) is 23.0. The maximum Gasteiger partial charge on any atom is 0.308 e. The molecule has 0 aromatic carbocycles. The molecule has 13 unspecified atom stereocenters. The van der Waals surface area contributed by atoms with Gasteiger partial charge in [0.2, 0.25) is 0 Å². The maximum absolute atomic E-state index is 14.4. The van der Waals surface area contributed by atoms with E-state index in [0.29, 0.717) is 36.9 Å². The minimum Gasteiger partial charge on any atom is -0.443 e. The Morgan fingerprint density at radius 2 is 1.78 bits per heavy atom. The second-order valence-corrected chi connectivity index (χ2v) is 15.1. The fourth-order valence-electron chi connectivity index (χ4n) is 11.7. The van der Waals surface area contributed by atoms with Crippen LogP contribution in [0.1, 0.15) is 92.9 Å². The Morgan fingerprint density at radius 3 is 2.53 bits per heavy atom. The molecule has 3 aliphatic carbocycles. The molecule has 13 atom stereocenters. The summed E-state index contributed by atoms with van der Waals surface area (Å²) in [5, 5.41) is 10.8. The Morgan fingerprint density at radius 1 is 1.03 bits per heavy atom. The van der Waals surface area contributed by atoms with Crippen molar-refractivity contribution in [2.45, 2.75) is 117 Å². The first kappa shape index (κ1) is 24.1. The number of carbonyl (C=O) groups excluding carboxylic acids is 2. The van der Waals surface area contributed by atoms with Crippen LogP contribution in [0.2, 0.25) is 0 Å². The van der Waals surface area contributed by atoms with Gasteiger partial charge in [0.25, 0.3) is 0 Å². The second-order valence-electron chi connectivity index (χ2n) is 15.1. The van der Waals surface area contributed by atoms with E-state index in [1.807, 2.05) is 0 Å².